The zero-order chi connectivity index (χ0) is 24.8. The van der Waals surface area contributed by atoms with Crippen molar-refractivity contribution in [2.45, 2.75) is 50.7 Å². The number of carbonyl (C=O) groups is 5. The van der Waals surface area contributed by atoms with Gasteiger partial charge >= 0.3 is 142 Å². The molecule has 0 fully saturated rings. The van der Waals surface area contributed by atoms with Gasteiger partial charge in [-0.25, -0.2) is 14.4 Å². The molecule has 33 heavy (non-hydrogen) atoms. The molecule has 0 spiro atoms. The van der Waals surface area contributed by atoms with Crippen LogP contribution in [0.25, 0.3) is 0 Å². The van der Waals surface area contributed by atoms with Gasteiger partial charge in [0.15, 0.2) is 0 Å². The molecule has 0 radical (unpaired) electrons. The van der Waals surface area contributed by atoms with Gasteiger partial charge in [0, 0.05) is 6.42 Å². The van der Waals surface area contributed by atoms with Crippen molar-refractivity contribution in [1.29, 1.82) is 0 Å². The van der Waals surface area contributed by atoms with Gasteiger partial charge in [0.05, 0.1) is 0 Å². The summed E-state index contributed by atoms with van der Waals surface area (Å²) in [5.74, 6) is -3.94. The Morgan fingerprint density at radius 2 is 1.48 bits per heavy atom. The second kappa shape index (κ2) is 15.0. The number of carboxylic acid groups (broad SMARTS) is 3. The number of urea groups is 2. The topological polar surface area (TPSA) is 194 Å². The van der Waals surface area contributed by atoms with Crippen LogP contribution in [0.2, 0.25) is 0 Å². The van der Waals surface area contributed by atoms with E-state index in [-0.39, 0.29) is 18.9 Å². The maximum Gasteiger partial charge on any atom is 0.326 e. The van der Waals surface area contributed by atoms with Gasteiger partial charge in [-0.3, -0.25) is 4.79 Å². The Balaban J connectivity index is 2.33. The van der Waals surface area contributed by atoms with Gasteiger partial charge in [-0.15, -0.1) is 0 Å². The SMILES string of the molecule is O=C(O)CC[C@H](NC(=O)N[C@@H](CCCCNC(=O)NCc1cccc([At])c1)C(=O)O)C(=O)O. The van der Waals surface area contributed by atoms with Crippen LogP contribution < -0.4 is 24.5 Å². The van der Waals surface area contributed by atoms with Crippen molar-refractivity contribution in [1.82, 2.24) is 21.3 Å². The number of amides is 4. The minimum Gasteiger partial charge on any atom is -0.480 e. The van der Waals surface area contributed by atoms with Crippen molar-refractivity contribution in [3.63, 3.8) is 0 Å². The van der Waals surface area contributed by atoms with E-state index in [4.69, 9.17) is 10.2 Å². The van der Waals surface area contributed by atoms with Crippen molar-refractivity contribution in [2.75, 3.05) is 6.54 Å². The van der Waals surface area contributed by atoms with E-state index in [9.17, 15) is 29.1 Å². The summed E-state index contributed by atoms with van der Waals surface area (Å²) in [5, 5.41) is 36.6. The third kappa shape index (κ3) is 12.6. The molecule has 182 valence electrons. The fourth-order valence-corrected chi connectivity index (χ4v) is 3.54. The van der Waals surface area contributed by atoms with Gasteiger partial charge in [-0.1, -0.05) is 0 Å². The molecule has 1 rings (SSSR count). The first-order chi connectivity index (χ1) is 15.6. The van der Waals surface area contributed by atoms with Gasteiger partial charge in [-0.2, -0.15) is 0 Å². The van der Waals surface area contributed by atoms with Gasteiger partial charge in [0.2, 0.25) is 0 Å². The van der Waals surface area contributed by atoms with Crippen LogP contribution >= 0.6 is 0 Å². The van der Waals surface area contributed by atoms with E-state index in [2.05, 4.69) is 21.3 Å². The molecule has 12 nitrogen and oxygen atoms in total. The van der Waals surface area contributed by atoms with Crippen LogP contribution in [0.1, 0.15) is 37.7 Å². The number of rotatable bonds is 14. The molecular formula is C20H27AtN4O8. The number of benzene rings is 1. The predicted molar refractivity (Wildman–Crippen MR) is 112 cm³/mol. The van der Waals surface area contributed by atoms with E-state index >= 15 is 0 Å². The molecule has 0 aliphatic heterocycles. The first kappa shape index (κ1) is 28.1. The van der Waals surface area contributed by atoms with Crippen LogP contribution in [0.15, 0.2) is 24.3 Å². The summed E-state index contributed by atoms with van der Waals surface area (Å²) in [7, 11) is 0. The molecule has 1 aromatic rings. The number of nitrogens with one attached hydrogen (secondary N) is 4. The quantitative estimate of drug-likeness (QED) is 0.134. The summed E-state index contributed by atoms with van der Waals surface area (Å²) >= 11 is 1.54. The number of unbranched alkanes of at least 4 members (excludes halogenated alkanes) is 1. The largest absolute Gasteiger partial charge is 0.480 e. The summed E-state index contributed by atoms with van der Waals surface area (Å²) in [6.45, 7) is 0.684. The standard InChI is InChI=1S/C20H27AtN4O8/c21-13-5-3-4-12(10-13)11-23-19(32)22-9-2-1-6-14(17(28)29)24-20(33)25-15(18(30)31)7-8-16(26)27/h3-5,10,14-15H,1-2,6-9,11H2,(H,26,27)(H,28,29)(H,30,31)(H2,22,23,32)(H2,24,25,33)/t14-,15-/m0/s1. The number of hydrogen-bond donors (Lipinski definition) is 7. The molecule has 2 atom stereocenters. The third-order valence-corrected chi connectivity index (χ3v) is 5.31. The number of aliphatic carboxylic acids is 3. The Morgan fingerprint density at radius 3 is 2.06 bits per heavy atom. The van der Waals surface area contributed by atoms with E-state index in [1.165, 1.54) is 0 Å². The smallest absolute Gasteiger partial charge is 0.326 e. The fraction of sp³-hybridized carbons (Fsp3) is 0.450. The normalized spacial score (nSPS) is 12.2. The number of carbonyl (C=O) groups excluding carboxylic acids is 2. The summed E-state index contributed by atoms with van der Waals surface area (Å²) in [6.07, 6.45) is 0.0892. The van der Waals surface area contributed by atoms with Crippen molar-refractivity contribution in [2.24, 2.45) is 0 Å². The Kier molecular flexibility index (Phi) is 12.8. The molecule has 7 N–H and O–H groups in total. The predicted octanol–water partition coefficient (Wildman–Crippen LogP) is -0.0989. The first-order valence-electron chi connectivity index (χ1n) is 10.1. The Hall–Kier alpha value is -2.95. The van der Waals surface area contributed by atoms with Crippen LogP contribution in [0, 0.1) is 24.7 Å². The van der Waals surface area contributed by atoms with E-state index in [0.717, 1.165) is 8.83 Å². The molecule has 0 aromatic heterocycles. The second-order valence-electron chi connectivity index (χ2n) is 7.07. The van der Waals surface area contributed by atoms with Crippen LogP contribution in [0.4, 0.5) is 9.59 Å². The maximum absolute atomic E-state index is 11.9. The Morgan fingerprint density at radius 1 is 0.848 bits per heavy atom. The summed E-state index contributed by atoms with van der Waals surface area (Å²) in [5.41, 5.74) is 0.979. The van der Waals surface area contributed by atoms with Crippen LogP contribution in [0.5, 0.6) is 0 Å². The van der Waals surface area contributed by atoms with Crippen molar-refractivity contribution < 1.29 is 64.0 Å². The minimum atomic E-state index is -1.46. The zero-order valence-electron chi connectivity index (χ0n) is 17.7. The fourth-order valence-electron chi connectivity index (χ4n) is 2.71. The average molecular weight is 661 g/mol. The van der Waals surface area contributed by atoms with Crippen molar-refractivity contribution >= 4 is 33.2 Å². The van der Waals surface area contributed by atoms with E-state index in [0.29, 0.717) is 25.9 Å². The second-order valence-corrected chi connectivity index (χ2v) is 8.76. The summed E-state index contributed by atoms with van der Waals surface area (Å²) in [6, 6.07) is 3.68. The molecule has 0 heterocycles. The van der Waals surface area contributed by atoms with Crippen LogP contribution in [-0.4, -0.2) is 63.9 Å². The third-order valence-electron chi connectivity index (χ3n) is 4.40. The van der Waals surface area contributed by atoms with Crippen LogP contribution in [0.3, 0.4) is 0 Å². The molecule has 1 aromatic carbocycles. The zero-order valence-corrected chi connectivity index (χ0v) is 20.6. The van der Waals surface area contributed by atoms with Gasteiger partial charge < -0.3 is 26.0 Å². The molecule has 0 saturated heterocycles. The summed E-state index contributed by atoms with van der Waals surface area (Å²) in [4.78, 5) is 56.9. The average Bonchev–Trinajstić information content (AvgIpc) is 2.73. The molecule has 0 unspecified atom stereocenters. The van der Waals surface area contributed by atoms with E-state index in [1.807, 2.05) is 24.3 Å². The monoisotopic (exact) mass is 661 g/mol. The number of hydrogen-bond acceptors (Lipinski definition) is 5. The summed E-state index contributed by atoms with van der Waals surface area (Å²) < 4.78 is 1.14. The molecular weight excluding hydrogens is 634 g/mol. The molecule has 0 saturated carbocycles. The minimum absolute atomic E-state index is 0.0593. The van der Waals surface area contributed by atoms with Crippen molar-refractivity contribution in [3.05, 3.63) is 29.8 Å². The molecule has 0 aliphatic rings. The molecule has 4 amide bonds. The first-order valence-corrected chi connectivity index (χ1v) is 11.6. The van der Waals surface area contributed by atoms with E-state index in [1.54, 1.807) is 24.7 Å². The molecule has 0 bridgehead atoms. The molecule has 13 heteroatoms. The number of carboxylic acids is 3. The Labute approximate surface area is 205 Å². The van der Waals surface area contributed by atoms with Gasteiger partial charge in [0.1, 0.15) is 6.04 Å². The van der Waals surface area contributed by atoms with Gasteiger partial charge in [0.25, 0.3) is 0 Å². The van der Waals surface area contributed by atoms with E-state index < -0.39 is 42.4 Å². The molecule has 0 aliphatic carbocycles. The Bertz CT molecular complexity index is 851. The van der Waals surface area contributed by atoms with Crippen molar-refractivity contribution in [3.8, 4) is 0 Å². The maximum atomic E-state index is 11.9. The van der Waals surface area contributed by atoms with Crippen LogP contribution in [-0.2, 0) is 20.9 Å². The van der Waals surface area contributed by atoms with Gasteiger partial charge in [-0.05, 0) is 6.42 Å².